The molecule has 0 aliphatic heterocycles. The van der Waals surface area contributed by atoms with E-state index in [0.717, 1.165) is 5.56 Å². The van der Waals surface area contributed by atoms with Crippen LogP contribution in [0, 0.1) is 0 Å². The summed E-state index contributed by atoms with van der Waals surface area (Å²) in [6, 6.07) is 10.8. The highest BCUT2D eigenvalue weighted by molar-refractivity contribution is 5.85. The lowest BCUT2D eigenvalue weighted by Gasteiger charge is -1.94. The molecule has 0 unspecified atom stereocenters. The van der Waals surface area contributed by atoms with Crippen LogP contribution in [0.5, 0.6) is 0 Å². The molecule has 0 saturated carbocycles. The predicted molar refractivity (Wildman–Crippen MR) is 48.4 cm³/mol. The van der Waals surface area contributed by atoms with E-state index in [1.54, 1.807) is 0 Å². The fourth-order valence-corrected chi connectivity index (χ4v) is 1.18. The molecule has 1 aromatic carbocycles. The minimum absolute atomic E-state index is 0.0103. The summed E-state index contributed by atoms with van der Waals surface area (Å²) < 4.78 is 0. The summed E-state index contributed by atoms with van der Waals surface area (Å²) in [6.07, 6.45) is 0. The van der Waals surface area contributed by atoms with Gasteiger partial charge >= 0.3 is 0 Å². The van der Waals surface area contributed by atoms with E-state index in [2.05, 4.69) is 10.2 Å². The lowest BCUT2D eigenvalue weighted by molar-refractivity contribution is -0.255. The number of carbonyl (C=O) groups is 1. The van der Waals surface area contributed by atoms with Gasteiger partial charge < -0.3 is 9.90 Å². The number of nitrogens with zero attached hydrogens (tertiary/aromatic N) is 1. The monoisotopic (exact) mass is 187 g/mol. The van der Waals surface area contributed by atoms with Crippen molar-refractivity contribution in [3.05, 3.63) is 42.1 Å². The minimum Gasteiger partial charge on any atom is -0.543 e. The van der Waals surface area contributed by atoms with Crippen LogP contribution in [0.4, 0.5) is 0 Å². The van der Waals surface area contributed by atoms with Crippen molar-refractivity contribution in [1.29, 1.82) is 0 Å². The molecule has 2 aromatic rings. The van der Waals surface area contributed by atoms with Crippen LogP contribution in [-0.4, -0.2) is 16.2 Å². The first-order valence-corrected chi connectivity index (χ1v) is 4.09. The molecular weight excluding hydrogens is 180 g/mol. The van der Waals surface area contributed by atoms with Gasteiger partial charge in [-0.25, -0.2) is 0 Å². The van der Waals surface area contributed by atoms with Gasteiger partial charge in [0, 0.05) is 5.56 Å². The van der Waals surface area contributed by atoms with Crippen LogP contribution in [0.1, 0.15) is 10.5 Å². The van der Waals surface area contributed by atoms with Crippen molar-refractivity contribution in [2.45, 2.75) is 0 Å². The standard InChI is InChI=1S/C10H8N2O2/c13-10(14)9-6-8(11-12-9)7-4-2-1-3-5-7/h1-6H,(H,11,12)(H,13,14)/p-1. The summed E-state index contributed by atoms with van der Waals surface area (Å²) in [5.74, 6) is -1.25. The Labute approximate surface area is 80.2 Å². The molecule has 70 valence electrons. The maximum absolute atomic E-state index is 10.5. The van der Waals surface area contributed by atoms with Gasteiger partial charge in [-0.05, 0) is 6.07 Å². The maximum Gasteiger partial charge on any atom is 0.0927 e. The minimum atomic E-state index is -1.25. The highest BCUT2D eigenvalue weighted by Gasteiger charge is 2.02. The first-order chi connectivity index (χ1) is 6.77. The van der Waals surface area contributed by atoms with E-state index in [1.165, 1.54) is 6.07 Å². The van der Waals surface area contributed by atoms with E-state index in [0.29, 0.717) is 5.69 Å². The van der Waals surface area contributed by atoms with Gasteiger partial charge in [-0.15, -0.1) is 0 Å². The molecule has 0 radical (unpaired) electrons. The number of hydrogen-bond acceptors (Lipinski definition) is 3. The third-order valence-corrected chi connectivity index (χ3v) is 1.87. The molecule has 0 atom stereocenters. The summed E-state index contributed by atoms with van der Waals surface area (Å²) in [7, 11) is 0. The van der Waals surface area contributed by atoms with Crippen LogP contribution in [0.2, 0.25) is 0 Å². The smallest absolute Gasteiger partial charge is 0.0927 e. The Morgan fingerprint density at radius 3 is 2.57 bits per heavy atom. The lowest BCUT2D eigenvalue weighted by Crippen LogP contribution is -2.22. The quantitative estimate of drug-likeness (QED) is 0.741. The second-order valence-corrected chi connectivity index (χ2v) is 2.82. The molecule has 1 N–H and O–H groups in total. The summed E-state index contributed by atoms with van der Waals surface area (Å²) in [4.78, 5) is 10.5. The number of carboxylic acids is 1. The average Bonchev–Trinajstić information content (AvgIpc) is 2.68. The summed E-state index contributed by atoms with van der Waals surface area (Å²) in [5.41, 5.74) is 1.46. The van der Waals surface area contributed by atoms with Gasteiger partial charge in [0.05, 0.1) is 17.4 Å². The number of aromatic carboxylic acids is 1. The van der Waals surface area contributed by atoms with Gasteiger partial charge in [0.2, 0.25) is 0 Å². The number of nitrogens with one attached hydrogen (secondary N) is 1. The van der Waals surface area contributed by atoms with Crippen molar-refractivity contribution in [3.8, 4) is 11.3 Å². The van der Waals surface area contributed by atoms with Crippen molar-refractivity contribution in [2.75, 3.05) is 0 Å². The third kappa shape index (κ3) is 1.50. The first-order valence-electron chi connectivity index (χ1n) is 4.09. The number of hydrogen-bond donors (Lipinski definition) is 1. The molecule has 4 nitrogen and oxygen atoms in total. The number of rotatable bonds is 2. The number of aromatic nitrogens is 2. The van der Waals surface area contributed by atoms with Gasteiger partial charge in [0.1, 0.15) is 0 Å². The summed E-state index contributed by atoms with van der Waals surface area (Å²) >= 11 is 0. The Balaban J connectivity index is 2.39. The zero-order chi connectivity index (χ0) is 9.97. The highest BCUT2D eigenvalue weighted by atomic mass is 16.4. The Morgan fingerprint density at radius 2 is 2.00 bits per heavy atom. The molecule has 0 aliphatic rings. The molecule has 0 bridgehead atoms. The fraction of sp³-hybridized carbons (Fsp3) is 0. The van der Waals surface area contributed by atoms with Crippen molar-refractivity contribution < 1.29 is 9.90 Å². The Kier molecular flexibility index (Phi) is 2.02. The summed E-state index contributed by atoms with van der Waals surface area (Å²) in [5, 5.41) is 16.7. The molecule has 0 saturated heterocycles. The Morgan fingerprint density at radius 1 is 1.29 bits per heavy atom. The highest BCUT2D eigenvalue weighted by Crippen LogP contribution is 2.16. The van der Waals surface area contributed by atoms with Crippen molar-refractivity contribution in [1.82, 2.24) is 10.2 Å². The normalized spacial score (nSPS) is 10.0. The molecule has 1 aromatic heterocycles. The van der Waals surface area contributed by atoms with Gasteiger partial charge in [-0.2, -0.15) is 5.10 Å². The molecule has 4 heteroatoms. The van der Waals surface area contributed by atoms with Crippen LogP contribution in [-0.2, 0) is 0 Å². The van der Waals surface area contributed by atoms with Gasteiger partial charge in [0.15, 0.2) is 0 Å². The Hall–Kier alpha value is -2.10. The van der Waals surface area contributed by atoms with E-state index in [1.807, 2.05) is 30.3 Å². The van der Waals surface area contributed by atoms with Gasteiger partial charge in [-0.1, -0.05) is 30.3 Å². The van der Waals surface area contributed by atoms with Gasteiger partial charge in [-0.3, -0.25) is 5.10 Å². The summed E-state index contributed by atoms with van der Waals surface area (Å²) in [6.45, 7) is 0. The number of benzene rings is 1. The van der Waals surface area contributed by atoms with E-state index in [-0.39, 0.29) is 5.69 Å². The van der Waals surface area contributed by atoms with E-state index < -0.39 is 5.97 Å². The number of aromatic amines is 1. The van der Waals surface area contributed by atoms with Crippen LogP contribution in [0.15, 0.2) is 36.4 Å². The molecule has 2 rings (SSSR count). The molecule has 0 amide bonds. The van der Waals surface area contributed by atoms with Crippen molar-refractivity contribution >= 4 is 5.97 Å². The topological polar surface area (TPSA) is 68.8 Å². The van der Waals surface area contributed by atoms with Crippen LogP contribution in [0.25, 0.3) is 11.3 Å². The molecule has 0 aliphatic carbocycles. The van der Waals surface area contributed by atoms with Crippen molar-refractivity contribution in [2.24, 2.45) is 0 Å². The molecular formula is C10H7N2O2-. The zero-order valence-electron chi connectivity index (χ0n) is 7.23. The molecule has 0 spiro atoms. The first kappa shape index (κ1) is 8.50. The molecule has 0 fully saturated rings. The van der Waals surface area contributed by atoms with E-state index in [4.69, 9.17) is 0 Å². The SMILES string of the molecule is O=C([O-])c1cc(-c2ccccc2)n[nH]1. The van der Waals surface area contributed by atoms with Gasteiger partial charge in [0.25, 0.3) is 0 Å². The average molecular weight is 187 g/mol. The maximum atomic E-state index is 10.5. The fourth-order valence-electron chi connectivity index (χ4n) is 1.18. The van der Waals surface area contributed by atoms with Crippen LogP contribution >= 0.6 is 0 Å². The number of H-pyrrole nitrogens is 1. The number of carbonyl (C=O) groups excluding carboxylic acids is 1. The largest absolute Gasteiger partial charge is 0.543 e. The number of carboxylic acid groups (broad SMARTS) is 1. The predicted octanol–water partition coefficient (Wildman–Crippen LogP) is 0.440. The van der Waals surface area contributed by atoms with Crippen LogP contribution < -0.4 is 5.11 Å². The lowest BCUT2D eigenvalue weighted by atomic mass is 10.1. The second kappa shape index (κ2) is 3.33. The van der Waals surface area contributed by atoms with Crippen LogP contribution in [0.3, 0.4) is 0 Å². The second-order valence-electron chi connectivity index (χ2n) is 2.82. The molecule has 1 heterocycles. The van der Waals surface area contributed by atoms with E-state index >= 15 is 0 Å². The molecule has 14 heavy (non-hydrogen) atoms. The Bertz CT molecular complexity index is 448. The van der Waals surface area contributed by atoms with Crippen molar-refractivity contribution in [3.63, 3.8) is 0 Å². The van der Waals surface area contributed by atoms with E-state index in [9.17, 15) is 9.90 Å². The third-order valence-electron chi connectivity index (χ3n) is 1.87. The zero-order valence-corrected chi connectivity index (χ0v) is 7.23.